The first-order valence-corrected chi connectivity index (χ1v) is 8.04. The van der Waals surface area contributed by atoms with Gasteiger partial charge in [0.1, 0.15) is 10.7 Å². The first-order valence-electron chi connectivity index (χ1n) is 7.67. The van der Waals surface area contributed by atoms with E-state index in [4.69, 9.17) is 11.6 Å². The predicted octanol–water partition coefficient (Wildman–Crippen LogP) is 3.45. The van der Waals surface area contributed by atoms with Crippen LogP contribution in [-0.2, 0) is 4.79 Å². The molecule has 26 heavy (non-hydrogen) atoms. The lowest BCUT2D eigenvalue weighted by Crippen LogP contribution is -2.28. The summed E-state index contributed by atoms with van der Waals surface area (Å²) in [6.07, 6.45) is -0.178. The number of benzene rings is 1. The molecular formula is C17H15ClF2N4O2. The number of hydrogen-bond acceptors (Lipinski definition) is 4. The molecule has 1 amide bonds. The Morgan fingerprint density at radius 2 is 1.96 bits per heavy atom. The summed E-state index contributed by atoms with van der Waals surface area (Å²) in [4.78, 5) is 20.6. The number of amides is 1. The predicted molar refractivity (Wildman–Crippen MR) is 93.3 cm³/mol. The van der Waals surface area contributed by atoms with E-state index < -0.39 is 23.1 Å². The van der Waals surface area contributed by atoms with Crippen LogP contribution in [0, 0.1) is 11.6 Å². The zero-order valence-electron chi connectivity index (χ0n) is 13.9. The van der Waals surface area contributed by atoms with Crippen LogP contribution in [0.3, 0.4) is 0 Å². The number of carbonyl (C=O) groups is 1. The highest BCUT2D eigenvalue weighted by atomic mass is 35.5. The van der Waals surface area contributed by atoms with E-state index in [-0.39, 0.29) is 28.9 Å². The Bertz CT molecular complexity index is 998. The second-order valence-electron chi connectivity index (χ2n) is 6.38. The van der Waals surface area contributed by atoms with Crippen LogP contribution in [0.4, 0.5) is 14.7 Å². The molecule has 3 aromatic rings. The Morgan fingerprint density at radius 3 is 2.62 bits per heavy atom. The fourth-order valence-corrected chi connectivity index (χ4v) is 2.59. The molecule has 0 saturated carbocycles. The lowest BCUT2D eigenvalue weighted by atomic mass is 10.1. The summed E-state index contributed by atoms with van der Waals surface area (Å²) < 4.78 is 28.3. The molecule has 3 rings (SSSR count). The molecule has 0 bridgehead atoms. The fraction of sp³-hybridized carbons (Fsp3) is 0.235. The largest absolute Gasteiger partial charge is 0.390 e. The molecule has 0 atom stereocenters. The van der Waals surface area contributed by atoms with E-state index >= 15 is 0 Å². The van der Waals surface area contributed by atoms with Crippen molar-refractivity contribution in [2.45, 2.75) is 25.9 Å². The van der Waals surface area contributed by atoms with Gasteiger partial charge in [-0.1, -0.05) is 11.6 Å². The third-order valence-electron chi connectivity index (χ3n) is 3.48. The van der Waals surface area contributed by atoms with Crippen LogP contribution in [-0.4, -0.2) is 31.1 Å². The summed E-state index contributed by atoms with van der Waals surface area (Å²) in [6.45, 7) is 2.98. The SMILES string of the molecule is CC(C)(O)CC(=O)Nc1nc2ccc(Cl)nc2n1-c1ccc(F)c(F)c1. The van der Waals surface area contributed by atoms with Crippen LogP contribution in [0.2, 0.25) is 5.15 Å². The lowest BCUT2D eigenvalue weighted by Gasteiger charge is -2.16. The highest BCUT2D eigenvalue weighted by Crippen LogP contribution is 2.26. The Hall–Kier alpha value is -2.58. The van der Waals surface area contributed by atoms with Crippen molar-refractivity contribution in [2.75, 3.05) is 5.32 Å². The van der Waals surface area contributed by atoms with Crippen molar-refractivity contribution in [2.24, 2.45) is 0 Å². The quantitative estimate of drug-likeness (QED) is 0.679. The van der Waals surface area contributed by atoms with E-state index in [1.165, 1.54) is 30.5 Å². The number of aromatic nitrogens is 3. The molecule has 2 N–H and O–H groups in total. The van der Waals surface area contributed by atoms with Crippen molar-refractivity contribution >= 4 is 34.6 Å². The maximum atomic E-state index is 13.7. The van der Waals surface area contributed by atoms with Crippen molar-refractivity contribution in [3.63, 3.8) is 0 Å². The first kappa shape index (κ1) is 18.2. The van der Waals surface area contributed by atoms with Gasteiger partial charge >= 0.3 is 0 Å². The number of hydrogen-bond donors (Lipinski definition) is 2. The molecule has 1 aromatic carbocycles. The molecule has 6 nitrogen and oxygen atoms in total. The third kappa shape index (κ3) is 3.81. The molecule has 0 spiro atoms. The van der Waals surface area contributed by atoms with Gasteiger partial charge in [0, 0.05) is 6.07 Å². The number of carbonyl (C=O) groups excluding carboxylic acids is 1. The second kappa shape index (κ2) is 6.62. The molecule has 0 aliphatic rings. The number of fused-ring (bicyclic) bond motifs is 1. The molecule has 0 aliphatic heterocycles. The molecule has 9 heteroatoms. The standard InChI is InChI=1S/C17H15ClF2N4O2/c1-17(2,26)8-14(25)23-16-21-12-5-6-13(18)22-15(12)24(16)9-3-4-10(19)11(20)7-9/h3-7,26H,8H2,1-2H3,(H,21,23,25). The van der Waals surface area contributed by atoms with Crippen molar-refractivity contribution in [3.8, 4) is 5.69 Å². The Morgan fingerprint density at radius 1 is 1.23 bits per heavy atom. The van der Waals surface area contributed by atoms with Gasteiger partial charge in [-0.25, -0.2) is 18.7 Å². The molecule has 0 unspecified atom stereocenters. The van der Waals surface area contributed by atoms with Crippen LogP contribution in [0.25, 0.3) is 16.9 Å². The summed E-state index contributed by atoms with van der Waals surface area (Å²) in [5.41, 5.74) is -0.343. The number of halogens is 3. The fourth-order valence-electron chi connectivity index (χ4n) is 2.45. The molecule has 136 valence electrons. The zero-order chi connectivity index (χ0) is 19.1. The monoisotopic (exact) mass is 380 g/mol. The summed E-state index contributed by atoms with van der Waals surface area (Å²) in [5, 5.41) is 12.5. The van der Waals surface area contributed by atoms with Gasteiger partial charge < -0.3 is 5.11 Å². The highest BCUT2D eigenvalue weighted by Gasteiger charge is 2.22. The van der Waals surface area contributed by atoms with Gasteiger partial charge in [0.2, 0.25) is 11.9 Å². The Kier molecular flexibility index (Phi) is 4.64. The maximum absolute atomic E-state index is 13.7. The molecule has 0 fully saturated rings. The van der Waals surface area contributed by atoms with Gasteiger partial charge in [0.05, 0.1) is 17.7 Å². The van der Waals surface area contributed by atoms with Crippen molar-refractivity contribution < 1.29 is 18.7 Å². The summed E-state index contributed by atoms with van der Waals surface area (Å²) in [5.74, 6) is -2.50. The zero-order valence-corrected chi connectivity index (χ0v) is 14.7. The van der Waals surface area contributed by atoms with Crippen LogP contribution < -0.4 is 5.32 Å². The van der Waals surface area contributed by atoms with E-state index in [9.17, 15) is 18.7 Å². The molecule has 0 aliphatic carbocycles. The number of nitrogens with zero attached hydrogens (tertiary/aromatic N) is 3. The number of anilines is 1. The van der Waals surface area contributed by atoms with Gasteiger partial charge in [0.25, 0.3) is 0 Å². The van der Waals surface area contributed by atoms with Crippen LogP contribution in [0.1, 0.15) is 20.3 Å². The topological polar surface area (TPSA) is 80.0 Å². The van der Waals surface area contributed by atoms with Crippen molar-refractivity contribution in [1.82, 2.24) is 14.5 Å². The van der Waals surface area contributed by atoms with Gasteiger partial charge in [-0.3, -0.25) is 14.7 Å². The third-order valence-corrected chi connectivity index (χ3v) is 3.69. The van der Waals surface area contributed by atoms with Gasteiger partial charge in [-0.05, 0) is 38.1 Å². The van der Waals surface area contributed by atoms with Crippen LogP contribution in [0.15, 0.2) is 30.3 Å². The van der Waals surface area contributed by atoms with E-state index in [0.717, 1.165) is 12.1 Å². The molecule has 0 saturated heterocycles. The summed E-state index contributed by atoms with van der Waals surface area (Å²) >= 11 is 5.93. The van der Waals surface area contributed by atoms with E-state index in [1.54, 1.807) is 6.07 Å². The van der Waals surface area contributed by atoms with E-state index in [2.05, 4.69) is 15.3 Å². The number of nitrogens with one attached hydrogen (secondary N) is 1. The van der Waals surface area contributed by atoms with E-state index in [0.29, 0.717) is 5.52 Å². The highest BCUT2D eigenvalue weighted by molar-refractivity contribution is 6.29. The van der Waals surface area contributed by atoms with Crippen molar-refractivity contribution in [3.05, 3.63) is 47.1 Å². The lowest BCUT2D eigenvalue weighted by molar-refractivity contribution is -0.119. The van der Waals surface area contributed by atoms with Gasteiger partial charge in [-0.2, -0.15) is 0 Å². The number of aliphatic hydroxyl groups is 1. The van der Waals surface area contributed by atoms with Gasteiger partial charge in [0.15, 0.2) is 17.3 Å². The molecule has 0 radical (unpaired) electrons. The minimum atomic E-state index is -1.22. The average Bonchev–Trinajstić information content (AvgIpc) is 2.85. The number of pyridine rings is 1. The number of rotatable bonds is 4. The smallest absolute Gasteiger partial charge is 0.229 e. The normalized spacial score (nSPS) is 11.8. The number of imidazole rings is 1. The molecule has 2 heterocycles. The van der Waals surface area contributed by atoms with Crippen LogP contribution in [0.5, 0.6) is 0 Å². The Labute approximate surface area is 152 Å². The van der Waals surface area contributed by atoms with E-state index in [1.807, 2.05) is 0 Å². The Balaban J connectivity index is 2.13. The summed E-state index contributed by atoms with van der Waals surface area (Å²) in [7, 11) is 0. The minimum absolute atomic E-state index is 0.0509. The summed E-state index contributed by atoms with van der Waals surface area (Å²) in [6, 6.07) is 6.36. The average molecular weight is 381 g/mol. The van der Waals surface area contributed by atoms with Crippen molar-refractivity contribution in [1.29, 1.82) is 0 Å². The minimum Gasteiger partial charge on any atom is -0.390 e. The maximum Gasteiger partial charge on any atom is 0.229 e. The van der Waals surface area contributed by atoms with Gasteiger partial charge in [-0.15, -0.1) is 0 Å². The first-order chi connectivity index (χ1) is 12.1. The molecular weight excluding hydrogens is 366 g/mol. The van der Waals surface area contributed by atoms with Crippen LogP contribution >= 0.6 is 11.6 Å². The molecule has 2 aromatic heterocycles. The second-order valence-corrected chi connectivity index (χ2v) is 6.77.